The summed E-state index contributed by atoms with van der Waals surface area (Å²) < 4.78 is 5.85. The zero-order valence-electron chi connectivity index (χ0n) is 13.4. The predicted octanol–water partition coefficient (Wildman–Crippen LogP) is 4.97. The van der Waals surface area contributed by atoms with Gasteiger partial charge in [-0.15, -0.1) is 10.2 Å². The fourth-order valence-electron chi connectivity index (χ4n) is 2.53. The monoisotopic (exact) mass is 325 g/mol. The SMILES string of the molecule is C(=Cc1ccccc1-c1nnc(-c2cccnc2)o1)c1ccccc1. The maximum Gasteiger partial charge on any atom is 0.249 e. The second-order valence-electron chi connectivity index (χ2n) is 5.49. The largest absolute Gasteiger partial charge is 0.416 e. The number of hydrogen-bond donors (Lipinski definition) is 0. The lowest BCUT2D eigenvalue weighted by atomic mass is 10.1. The molecule has 0 saturated heterocycles. The quantitative estimate of drug-likeness (QED) is 0.497. The lowest BCUT2D eigenvalue weighted by Gasteiger charge is -2.01. The molecule has 120 valence electrons. The van der Waals surface area contributed by atoms with Crippen molar-refractivity contribution in [3.05, 3.63) is 90.3 Å². The summed E-state index contributed by atoms with van der Waals surface area (Å²) in [4.78, 5) is 4.08. The van der Waals surface area contributed by atoms with E-state index < -0.39 is 0 Å². The zero-order valence-corrected chi connectivity index (χ0v) is 13.4. The summed E-state index contributed by atoms with van der Waals surface area (Å²) in [6.07, 6.45) is 7.54. The molecule has 0 N–H and O–H groups in total. The minimum atomic E-state index is 0.463. The topological polar surface area (TPSA) is 51.8 Å². The number of nitrogens with zero attached hydrogens (tertiary/aromatic N) is 3. The molecule has 0 spiro atoms. The van der Waals surface area contributed by atoms with E-state index in [0.717, 1.165) is 22.3 Å². The number of benzene rings is 2. The highest BCUT2D eigenvalue weighted by Gasteiger charge is 2.12. The summed E-state index contributed by atoms with van der Waals surface area (Å²) in [6, 6.07) is 21.9. The van der Waals surface area contributed by atoms with Gasteiger partial charge in [0, 0.05) is 18.0 Å². The molecule has 2 aromatic carbocycles. The first-order chi connectivity index (χ1) is 12.4. The Morgan fingerprint density at radius 1 is 0.720 bits per heavy atom. The Bertz CT molecular complexity index is 992. The molecule has 0 saturated carbocycles. The van der Waals surface area contributed by atoms with Crippen LogP contribution < -0.4 is 0 Å². The third-order valence-corrected chi connectivity index (χ3v) is 3.78. The fraction of sp³-hybridized carbons (Fsp3) is 0. The summed E-state index contributed by atoms with van der Waals surface area (Å²) >= 11 is 0. The van der Waals surface area contributed by atoms with Crippen molar-refractivity contribution >= 4 is 12.2 Å². The first-order valence-corrected chi connectivity index (χ1v) is 7.96. The van der Waals surface area contributed by atoms with Crippen molar-refractivity contribution in [1.82, 2.24) is 15.2 Å². The minimum absolute atomic E-state index is 0.463. The van der Waals surface area contributed by atoms with E-state index in [1.807, 2.05) is 54.6 Å². The van der Waals surface area contributed by atoms with Crippen molar-refractivity contribution in [2.45, 2.75) is 0 Å². The molecule has 0 atom stereocenters. The summed E-state index contributed by atoms with van der Waals surface area (Å²) in [5.41, 5.74) is 3.86. The van der Waals surface area contributed by atoms with Gasteiger partial charge in [0.1, 0.15) is 0 Å². The highest BCUT2D eigenvalue weighted by Crippen LogP contribution is 2.27. The van der Waals surface area contributed by atoms with Gasteiger partial charge in [0.25, 0.3) is 0 Å². The summed E-state index contributed by atoms with van der Waals surface area (Å²) in [6.45, 7) is 0. The lowest BCUT2D eigenvalue weighted by molar-refractivity contribution is 0.584. The van der Waals surface area contributed by atoms with Crippen molar-refractivity contribution < 1.29 is 4.42 Å². The van der Waals surface area contributed by atoms with Gasteiger partial charge in [0.05, 0.1) is 5.56 Å². The molecule has 0 aliphatic heterocycles. The van der Waals surface area contributed by atoms with Crippen LogP contribution in [0, 0.1) is 0 Å². The molecule has 25 heavy (non-hydrogen) atoms. The van der Waals surface area contributed by atoms with Crippen LogP contribution in [0.4, 0.5) is 0 Å². The van der Waals surface area contributed by atoms with E-state index in [1.54, 1.807) is 12.4 Å². The molecular formula is C21H15N3O. The summed E-state index contributed by atoms with van der Waals surface area (Å²) in [7, 11) is 0. The standard InChI is InChI=1S/C21H15N3O/c1-2-7-16(8-3-1)12-13-17-9-4-5-11-19(17)21-24-23-20(25-21)18-10-6-14-22-15-18/h1-15H. The van der Waals surface area contributed by atoms with Crippen LogP contribution in [0.5, 0.6) is 0 Å². The molecule has 4 nitrogen and oxygen atoms in total. The van der Waals surface area contributed by atoms with Gasteiger partial charge >= 0.3 is 0 Å². The number of hydrogen-bond acceptors (Lipinski definition) is 4. The van der Waals surface area contributed by atoms with Crippen molar-refractivity contribution in [3.8, 4) is 22.9 Å². The number of aromatic nitrogens is 3. The molecule has 4 rings (SSSR count). The molecular weight excluding hydrogens is 310 g/mol. The van der Waals surface area contributed by atoms with Crippen LogP contribution in [0.1, 0.15) is 11.1 Å². The first kappa shape index (κ1) is 15.0. The minimum Gasteiger partial charge on any atom is -0.416 e. The molecule has 0 unspecified atom stereocenters. The summed E-state index contributed by atoms with van der Waals surface area (Å²) in [5, 5.41) is 8.34. The van der Waals surface area contributed by atoms with Gasteiger partial charge < -0.3 is 4.42 Å². The van der Waals surface area contributed by atoms with E-state index in [4.69, 9.17) is 4.42 Å². The van der Waals surface area contributed by atoms with Crippen LogP contribution in [0.2, 0.25) is 0 Å². The third kappa shape index (κ3) is 3.38. The average molecular weight is 325 g/mol. The van der Waals surface area contributed by atoms with Gasteiger partial charge in [-0.1, -0.05) is 60.7 Å². The van der Waals surface area contributed by atoms with Gasteiger partial charge in [-0.2, -0.15) is 0 Å². The Labute approximate surface area is 145 Å². The molecule has 2 heterocycles. The number of pyridine rings is 1. The van der Waals surface area contributed by atoms with Crippen LogP contribution >= 0.6 is 0 Å². The molecule has 0 aliphatic rings. The Morgan fingerprint density at radius 2 is 1.52 bits per heavy atom. The van der Waals surface area contributed by atoms with Crippen LogP contribution in [-0.4, -0.2) is 15.2 Å². The Balaban J connectivity index is 1.68. The highest BCUT2D eigenvalue weighted by atomic mass is 16.4. The molecule has 4 aromatic rings. The molecule has 4 heteroatoms. The molecule has 2 aromatic heterocycles. The normalized spacial score (nSPS) is 11.0. The van der Waals surface area contributed by atoms with Gasteiger partial charge in [0.15, 0.2) is 0 Å². The molecule has 0 radical (unpaired) electrons. The Hall–Kier alpha value is -3.53. The van der Waals surface area contributed by atoms with Gasteiger partial charge in [0.2, 0.25) is 11.8 Å². The van der Waals surface area contributed by atoms with Crippen LogP contribution in [0.25, 0.3) is 35.1 Å². The van der Waals surface area contributed by atoms with Gasteiger partial charge in [-0.3, -0.25) is 4.98 Å². The number of rotatable bonds is 4. The van der Waals surface area contributed by atoms with Crippen LogP contribution in [-0.2, 0) is 0 Å². The van der Waals surface area contributed by atoms with E-state index in [-0.39, 0.29) is 0 Å². The van der Waals surface area contributed by atoms with E-state index in [0.29, 0.717) is 11.8 Å². The second-order valence-corrected chi connectivity index (χ2v) is 5.49. The molecule has 0 aliphatic carbocycles. The predicted molar refractivity (Wildman–Crippen MR) is 98.3 cm³/mol. The fourth-order valence-corrected chi connectivity index (χ4v) is 2.53. The van der Waals surface area contributed by atoms with Crippen molar-refractivity contribution in [3.63, 3.8) is 0 Å². The van der Waals surface area contributed by atoms with Gasteiger partial charge in [-0.05, 0) is 29.3 Å². The summed E-state index contributed by atoms with van der Waals surface area (Å²) in [5.74, 6) is 0.956. The van der Waals surface area contributed by atoms with Crippen molar-refractivity contribution in [1.29, 1.82) is 0 Å². The Kier molecular flexibility index (Phi) is 4.16. The smallest absolute Gasteiger partial charge is 0.249 e. The maximum absolute atomic E-state index is 5.85. The Morgan fingerprint density at radius 3 is 2.36 bits per heavy atom. The average Bonchev–Trinajstić information content (AvgIpc) is 3.18. The van der Waals surface area contributed by atoms with Crippen molar-refractivity contribution in [2.75, 3.05) is 0 Å². The van der Waals surface area contributed by atoms with E-state index in [1.165, 1.54) is 0 Å². The highest BCUT2D eigenvalue weighted by molar-refractivity contribution is 5.78. The van der Waals surface area contributed by atoms with Crippen molar-refractivity contribution in [2.24, 2.45) is 0 Å². The molecule has 0 fully saturated rings. The van der Waals surface area contributed by atoms with E-state index in [9.17, 15) is 0 Å². The van der Waals surface area contributed by atoms with E-state index in [2.05, 4.69) is 39.5 Å². The second kappa shape index (κ2) is 6.93. The zero-order chi connectivity index (χ0) is 16.9. The third-order valence-electron chi connectivity index (χ3n) is 3.78. The molecule has 0 bridgehead atoms. The molecule has 0 amide bonds. The maximum atomic E-state index is 5.85. The lowest BCUT2D eigenvalue weighted by Crippen LogP contribution is -1.83. The van der Waals surface area contributed by atoms with Crippen LogP contribution in [0.15, 0.2) is 83.5 Å². The van der Waals surface area contributed by atoms with Crippen LogP contribution in [0.3, 0.4) is 0 Å². The van der Waals surface area contributed by atoms with E-state index >= 15 is 0 Å². The first-order valence-electron chi connectivity index (χ1n) is 7.96. The van der Waals surface area contributed by atoms with Gasteiger partial charge in [-0.25, -0.2) is 0 Å².